The lowest BCUT2D eigenvalue weighted by molar-refractivity contribution is 0.480. The molecule has 9 rings (SSSR count). The minimum Gasteiger partial charge on any atom is -0.457 e. The summed E-state index contributed by atoms with van der Waals surface area (Å²) in [5, 5.41) is 2.33. The zero-order valence-corrected chi connectivity index (χ0v) is 35.1. The van der Waals surface area contributed by atoms with Crippen LogP contribution in [-0.2, 0) is 16.2 Å². The lowest BCUT2D eigenvalue weighted by Crippen LogP contribution is -2.25. The van der Waals surface area contributed by atoms with Gasteiger partial charge in [0.05, 0.1) is 17.7 Å². The molecular formula is C54H52N4O. The number of benzene rings is 6. The molecule has 0 saturated carbocycles. The van der Waals surface area contributed by atoms with Crippen LogP contribution in [0.2, 0.25) is 0 Å². The Morgan fingerprint density at radius 2 is 1.07 bits per heavy atom. The maximum Gasteiger partial charge on any atom is 0.137 e. The standard InChI is InChI=1S/C54H52N4O/c1-52(2,3)38-22-24-43(25-23-38)56-30-31-57(37-56)44-32-42(54(6,7)40-18-12-9-13-19-40)33-46(35-44)59-45-26-27-48-47-20-14-15-21-49(47)58(50(48)36-45)51-34-41(28-29-55-51)53(4,5)39-16-10-8-11-17-39/h8-36H,37H2,1-7H3. The zero-order valence-electron chi connectivity index (χ0n) is 35.1. The van der Waals surface area contributed by atoms with Crippen LogP contribution in [-0.4, -0.2) is 16.2 Å². The van der Waals surface area contributed by atoms with Gasteiger partial charge in [0.1, 0.15) is 17.3 Å². The average Bonchev–Trinajstić information content (AvgIpc) is 3.88. The molecule has 5 nitrogen and oxygen atoms in total. The maximum atomic E-state index is 6.94. The smallest absolute Gasteiger partial charge is 0.137 e. The first-order valence-electron chi connectivity index (χ1n) is 20.6. The van der Waals surface area contributed by atoms with Gasteiger partial charge in [-0.15, -0.1) is 0 Å². The summed E-state index contributed by atoms with van der Waals surface area (Å²) >= 11 is 0. The first-order valence-corrected chi connectivity index (χ1v) is 20.6. The molecule has 0 amide bonds. The number of ether oxygens (including phenoxy) is 1. The van der Waals surface area contributed by atoms with Crippen LogP contribution >= 0.6 is 0 Å². The molecule has 0 spiro atoms. The summed E-state index contributed by atoms with van der Waals surface area (Å²) in [7, 11) is 0. The third-order valence-corrected chi connectivity index (χ3v) is 12.3. The average molecular weight is 773 g/mol. The fourth-order valence-electron chi connectivity index (χ4n) is 8.45. The highest BCUT2D eigenvalue weighted by Gasteiger charge is 2.27. The van der Waals surface area contributed by atoms with Crippen LogP contribution in [0.15, 0.2) is 176 Å². The van der Waals surface area contributed by atoms with E-state index >= 15 is 0 Å². The number of anilines is 2. The first kappa shape index (κ1) is 38.0. The van der Waals surface area contributed by atoms with Gasteiger partial charge in [0, 0.05) is 63.7 Å². The van der Waals surface area contributed by atoms with Crippen LogP contribution in [0.3, 0.4) is 0 Å². The molecule has 0 atom stereocenters. The summed E-state index contributed by atoms with van der Waals surface area (Å²) in [4.78, 5) is 9.56. The molecule has 59 heavy (non-hydrogen) atoms. The third kappa shape index (κ3) is 7.16. The Labute approximate surface area is 348 Å². The second-order valence-electron chi connectivity index (χ2n) is 17.9. The van der Waals surface area contributed by atoms with Crippen molar-refractivity contribution in [2.75, 3.05) is 16.5 Å². The lowest BCUT2D eigenvalue weighted by Gasteiger charge is -2.29. The SMILES string of the molecule is CC(C)(C)c1ccc(N2C=CN(c3cc(Oc4ccc5c6ccccc6n(-c6cc(C(C)(C)c7ccccc7)ccn6)c5c4)cc(C(C)(C)c4ccccc4)c3)C2)cc1. The van der Waals surface area contributed by atoms with E-state index in [0.29, 0.717) is 6.67 Å². The number of pyridine rings is 1. The molecule has 0 N–H and O–H groups in total. The molecule has 3 heterocycles. The van der Waals surface area contributed by atoms with Crippen molar-refractivity contribution < 1.29 is 4.74 Å². The molecule has 6 aromatic carbocycles. The quantitative estimate of drug-likeness (QED) is 0.146. The fraction of sp³-hybridized carbons (Fsp3) is 0.204. The number of hydrogen-bond acceptors (Lipinski definition) is 4. The molecule has 1 aliphatic heterocycles. The first-order chi connectivity index (χ1) is 28.4. The Kier molecular flexibility index (Phi) is 9.43. The normalized spacial score (nSPS) is 13.5. The van der Waals surface area contributed by atoms with Crippen LogP contribution in [0, 0.1) is 0 Å². The minimum absolute atomic E-state index is 0.108. The van der Waals surface area contributed by atoms with Crippen molar-refractivity contribution in [1.82, 2.24) is 9.55 Å². The van der Waals surface area contributed by atoms with E-state index < -0.39 is 0 Å². The number of fused-ring (bicyclic) bond motifs is 3. The van der Waals surface area contributed by atoms with E-state index in [1.807, 2.05) is 6.20 Å². The van der Waals surface area contributed by atoms with E-state index in [2.05, 4.69) is 233 Å². The number of rotatable bonds is 9. The Hall–Kier alpha value is -6.59. The topological polar surface area (TPSA) is 33.5 Å². The third-order valence-electron chi connectivity index (χ3n) is 12.3. The number of hydrogen-bond donors (Lipinski definition) is 0. The molecule has 294 valence electrons. The number of nitrogens with zero attached hydrogens (tertiary/aromatic N) is 4. The van der Waals surface area contributed by atoms with Gasteiger partial charge >= 0.3 is 0 Å². The van der Waals surface area contributed by atoms with Gasteiger partial charge in [0.25, 0.3) is 0 Å². The molecule has 0 saturated heterocycles. The van der Waals surface area contributed by atoms with Crippen molar-refractivity contribution in [1.29, 1.82) is 0 Å². The summed E-state index contributed by atoms with van der Waals surface area (Å²) in [6, 6.07) is 56.4. The van der Waals surface area contributed by atoms with E-state index in [4.69, 9.17) is 9.72 Å². The summed E-state index contributed by atoms with van der Waals surface area (Å²) in [6.07, 6.45) is 6.27. The van der Waals surface area contributed by atoms with Crippen molar-refractivity contribution in [3.8, 4) is 17.3 Å². The van der Waals surface area contributed by atoms with Crippen LogP contribution in [0.25, 0.3) is 27.6 Å². The van der Waals surface area contributed by atoms with Crippen molar-refractivity contribution in [3.63, 3.8) is 0 Å². The Morgan fingerprint density at radius 3 is 1.75 bits per heavy atom. The summed E-state index contributed by atoms with van der Waals surface area (Å²) < 4.78 is 9.22. The summed E-state index contributed by atoms with van der Waals surface area (Å²) in [5.41, 5.74) is 10.2. The Morgan fingerprint density at radius 1 is 0.458 bits per heavy atom. The van der Waals surface area contributed by atoms with Crippen LogP contribution in [0.4, 0.5) is 11.4 Å². The van der Waals surface area contributed by atoms with Crippen LogP contribution in [0.5, 0.6) is 11.5 Å². The van der Waals surface area contributed by atoms with E-state index in [9.17, 15) is 0 Å². The van der Waals surface area contributed by atoms with Gasteiger partial charge in [-0.3, -0.25) is 4.57 Å². The minimum atomic E-state index is -0.276. The highest BCUT2D eigenvalue weighted by atomic mass is 16.5. The van der Waals surface area contributed by atoms with E-state index in [0.717, 1.165) is 39.4 Å². The number of para-hydroxylation sites is 1. The maximum absolute atomic E-state index is 6.94. The second-order valence-corrected chi connectivity index (χ2v) is 17.9. The van der Waals surface area contributed by atoms with Gasteiger partial charge in [0.15, 0.2) is 0 Å². The van der Waals surface area contributed by atoms with Crippen molar-refractivity contribution in [3.05, 3.63) is 204 Å². The van der Waals surface area contributed by atoms with Crippen molar-refractivity contribution >= 4 is 33.2 Å². The largest absolute Gasteiger partial charge is 0.457 e. The van der Waals surface area contributed by atoms with Gasteiger partial charge in [0.2, 0.25) is 0 Å². The predicted molar refractivity (Wildman–Crippen MR) is 246 cm³/mol. The molecule has 1 aliphatic rings. The second kappa shape index (κ2) is 14.7. The molecule has 0 aliphatic carbocycles. The highest BCUT2D eigenvalue weighted by molar-refractivity contribution is 6.09. The zero-order chi connectivity index (χ0) is 40.9. The van der Waals surface area contributed by atoms with Gasteiger partial charge < -0.3 is 14.5 Å². The fourth-order valence-corrected chi connectivity index (χ4v) is 8.45. The van der Waals surface area contributed by atoms with Crippen molar-refractivity contribution in [2.45, 2.75) is 64.7 Å². The van der Waals surface area contributed by atoms with E-state index in [1.54, 1.807) is 0 Å². The predicted octanol–water partition coefficient (Wildman–Crippen LogP) is 13.7. The van der Waals surface area contributed by atoms with E-state index in [1.165, 1.54) is 38.9 Å². The lowest BCUT2D eigenvalue weighted by atomic mass is 9.78. The molecule has 5 heteroatoms. The molecule has 8 aromatic rings. The Bertz CT molecular complexity index is 2810. The molecule has 0 unspecified atom stereocenters. The highest BCUT2D eigenvalue weighted by Crippen LogP contribution is 2.41. The summed E-state index contributed by atoms with van der Waals surface area (Å²) in [5.74, 6) is 2.43. The summed E-state index contributed by atoms with van der Waals surface area (Å²) in [6.45, 7) is 16.6. The molecule has 0 bridgehead atoms. The molecular weight excluding hydrogens is 721 g/mol. The van der Waals surface area contributed by atoms with Crippen LogP contribution < -0.4 is 14.5 Å². The van der Waals surface area contributed by atoms with Gasteiger partial charge in [-0.05, 0) is 87.8 Å². The van der Waals surface area contributed by atoms with Gasteiger partial charge in [-0.2, -0.15) is 0 Å². The van der Waals surface area contributed by atoms with Gasteiger partial charge in [-0.25, -0.2) is 4.98 Å². The number of aromatic nitrogens is 2. The molecule has 0 radical (unpaired) electrons. The van der Waals surface area contributed by atoms with Gasteiger partial charge in [-0.1, -0.05) is 139 Å². The van der Waals surface area contributed by atoms with Crippen LogP contribution in [0.1, 0.15) is 76.3 Å². The van der Waals surface area contributed by atoms with Crippen molar-refractivity contribution in [2.24, 2.45) is 0 Å². The van der Waals surface area contributed by atoms with E-state index in [-0.39, 0.29) is 16.2 Å². The molecule has 0 fully saturated rings. The Balaban J connectivity index is 1.10. The monoisotopic (exact) mass is 772 g/mol. The molecule has 2 aromatic heterocycles.